The van der Waals surface area contributed by atoms with Crippen molar-refractivity contribution in [1.29, 1.82) is 0 Å². The first-order valence-corrected chi connectivity index (χ1v) is 6.23. The lowest BCUT2D eigenvalue weighted by atomic mass is 10.2. The van der Waals surface area contributed by atoms with Crippen LogP contribution >= 0.6 is 11.3 Å². The van der Waals surface area contributed by atoms with E-state index in [0.717, 1.165) is 4.88 Å². The summed E-state index contributed by atoms with van der Waals surface area (Å²) >= 11 is 1.32. The number of phenols is 1. The number of aromatic hydroxyl groups is 1. The number of carbonyl (C=O) groups is 2. The third kappa shape index (κ3) is 2.92. The van der Waals surface area contributed by atoms with Crippen LogP contribution in [0.15, 0.2) is 30.3 Å². The van der Waals surface area contributed by atoms with Crippen LogP contribution in [-0.2, 0) is 0 Å². The van der Waals surface area contributed by atoms with Crippen molar-refractivity contribution in [2.75, 3.05) is 5.32 Å². The van der Waals surface area contributed by atoms with E-state index < -0.39 is 5.97 Å². The number of anilines is 1. The first kappa shape index (κ1) is 13.1. The van der Waals surface area contributed by atoms with E-state index in [9.17, 15) is 14.7 Å². The molecule has 1 heterocycles. The van der Waals surface area contributed by atoms with Crippen molar-refractivity contribution in [3.63, 3.8) is 0 Å². The standard InChI is InChI=1S/C13H11NO4S/c1-7-2-5-11(19-7)12(16)14-9-6-8(13(17)18)3-4-10(9)15/h2-6,15H,1H3,(H,14,16)(H,17,18). The largest absolute Gasteiger partial charge is 0.506 e. The number of amides is 1. The Bertz CT molecular complexity index is 648. The van der Waals surface area contributed by atoms with Gasteiger partial charge in [-0.05, 0) is 37.3 Å². The quantitative estimate of drug-likeness (QED) is 0.753. The van der Waals surface area contributed by atoms with Gasteiger partial charge in [-0.2, -0.15) is 0 Å². The highest BCUT2D eigenvalue weighted by atomic mass is 32.1. The maximum Gasteiger partial charge on any atom is 0.335 e. The van der Waals surface area contributed by atoms with Gasteiger partial charge in [0.05, 0.1) is 16.1 Å². The maximum absolute atomic E-state index is 11.9. The Kier molecular flexibility index (Phi) is 3.52. The fourth-order valence-corrected chi connectivity index (χ4v) is 2.27. The average Bonchev–Trinajstić information content (AvgIpc) is 2.78. The molecule has 0 aliphatic heterocycles. The molecule has 2 rings (SSSR count). The molecule has 1 aromatic heterocycles. The van der Waals surface area contributed by atoms with Gasteiger partial charge in [0, 0.05) is 4.88 Å². The second-order valence-electron chi connectivity index (χ2n) is 3.90. The van der Waals surface area contributed by atoms with E-state index in [1.165, 1.54) is 29.5 Å². The number of hydrogen-bond donors (Lipinski definition) is 3. The molecule has 5 nitrogen and oxygen atoms in total. The Morgan fingerprint density at radius 1 is 1.21 bits per heavy atom. The summed E-state index contributed by atoms with van der Waals surface area (Å²) < 4.78 is 0. The molecule has 2 aromatic rings. The maximum atomic E-state index is 11.9. The molecule has 0 bridgehead atoms. The summed E-state index contributed by atoms with van der Waals surface area (Å²) in [4.78, 5) is 24.2. The van der Waals surface area contributed by atoms with Crippen LogP contribution in [0.2, 0.25) is 0 Å². The molecule has 0 aliphatic carbocycles. The van der Waals surface area contributed by atoms with Crippen molar-refractivity contribution in [2.45, 2.75) is 6.92 Å². The molecule has 0 saturated carbocycles. The van der Waals surface area contributed by atoms with E-state index in [-0.39, 0.29) is 22.9 Å². The Labute approximate surface area is 113 Å². The Balaban J connectivity index is 2.25. The Morgan fingerprint density at radius 3 is 2.53 bits per heavy atom. The zero-order valence-corrected chi connectivity index (χ0v) is 10.8. The molecular formula is C13H11NO4S. The first-order chi connectivity index (χ1) is 8.97. The number of thiophene rings is 1. The van der Waals surface area contributed by atoms with E-state index in [0.29, 0.717) is 4.88 Å². The number of carbonyl (C=O) groups excluding carboxylic acids is 1. The van der Waals surface area contributed by atoms with Crippen molar-refractivity contribution in [2.24, 2.45) is 0 Å². The SMILES string of the molecule is Cc1ccc(C(=O)Nc2cc(C(=O)O)ccc2O)s1. The predicted molar refractivity (Wildman–Crippen MR) is 72.1 cm³/mol. The van der Waals surface area contributed by atoms with Crippen LogP contribution in [0.3, 0.4) is 0 Å². The van der Waals surface area contributed by atoms with Crippen LogP contribution in [0.4, 0.5) is 5.69 Å². The molecule has 0 spiro atoms. The molecule has 1 aromatic carbocycles. The van der Waals surface area contributed by atoms with Crippen LogP contribution in [0.5, 0.6) is 5.75 Å². The molecule has 0 atom stereocenters. The van der Waals surface area contributed by atoms with Gasteiger partial charge in [0.25, 0.3) is 5.91 Å². The minimum Gasteiger partial charge on any atom is -0.506 e. The molecular weight excluding hydrogens is 266 g/mol. The molecule has 1 amide bonds. The molecule has 0 unspecified atom stereocenters. The number of aromatic carboxylic acids is 1. The fourth-order valence-electron chi connectivity index (χ4n) is 1.51. The second kappa shape index (κ2) is 5.11. The van der Waals surface area contributed by atoms with Gasteiger partial charge in [-0.1, -0.05) is 0 Å². The number of hydrogen-bond acceptors (Lipinski definition) is 4. The number of benzene rings is 1. The molecule has 19 heavy (non-hydrogen) atoms. The van der Waals surface area contributed by atoms with Crippen LogP contribution in [0, 0.1) is 6.92 Å². The fraction of sp³-hybridized carbons (Fsp3) is 0.0769. The van der Waals surface area contributed by atoms with E-state index in [1.54, 1.807) is 6.07 Å². The highest BCUT2D eigenvalue weighted by Crippen LogP contribution is 2.26. The normalized spacial score (nSPS) is 10.2. The van der Waals surface area contributed by atoms with Gasteiger partial charge in [-0.3, -0.25) is 4.79 Å². The van der Waals surface area contributed by atoms with E-state index >= 15 is 0 Å². The lowest BCUT2D eigenvalue weighted by Gasteiger charge is -2.07. The van der Waals surface area contributed by atoms with Crippen molar-refractivity contribution >= 4 is 28.9 Å². The summed E-state index contributed by atoms with van der Waals surface area (Å²) in [6.07, 6.45) is 0. The lowest BCUT2D eigenvalue weighted by Crippen LogP contribution is -2.11. The van der Waals surface area contributed by atoms with E-state index in [4.69, 9.17) is 5.11 Å². The monoisotopic (exact) mass is 277 g/mol. The zero-order chi connectivity index (χ0) is 14.0. The first-order valence-electron chi connectivity index (χ1n) is 5.41. The van der Waals surface area contributed by atoms with Gasteiger partial charge in [0.15, 0.2) is 0 Å². The van der Waals surface area contributed by atoms with Gasteiger partial charge in [-0.25, -0.2) is 4.79 Å². The van der Waals surface area contributed by atoms with Crippen LogP contribution in [0.25, 0.3) is 0 Å². The minimum absolute atomic E-state index is 0.00420. The van der Waals surface area contributed by atoms with Crippen molar-refractivity contribution in [3.8, 4) is 5.75 Å². The third-order valence-electron chi connectivity index (χ3n) is 2.46. The number of rotatable bonds is 3. The van der Waals surface area contributed by atoms with Crippen molar-refractivity contribution in [1.82, 2.24) is 0 Å². The third-order valence-corrected chi connectivity index (χ3v) is 3.46. The van der Waals surface area contributed by atoms with Crippen molar-refractivity contribution in [3.05, 3.63) is 45.6 Å². The van der Waals surface area contributed by atoms with Gasteiger partial charge in [-0.15, -0.1) is 11.3 Å². The van der Waals surface area contributed by atoms with Gasteiger partial charge in [0.1, 0.15) is 5.75 Å². The summed E-state index contributed by atoms with van der Waals surface area (Å²) in [5, 5.41) is 21.0. The van der Waals surface area contributed by atoms with Crippen LogP contribution < -0.4 is 5.32 Å². The number of carboxylic acids is 1. The van der Waals surface area contributed by atoms with Crippen molar-refractivity contribution < 1.29 is 19.8 Å². The molecule has 0 aliphatic rings. The van der Waals surface area contributed by atoms with E-state index in [2.05, 4.69) is 5.32 Å². The lowest BCUT2D eigenvalue weighted by molar-refractivity contribution is 0.0696. The number of aryl methyl sites for hydroxylation is 1. The summed E-state index contributed by atoms with van der Waals surface area (Å²) in [7, 11) is 0. The number of carboxylic acid groups (broad SMARTS) is 1. The van der Waals surface area contributed by atoms with Gasteiger partial charge < -0.3 is 15.5 Å². The number of nitrogens with one attached hydrogen (secondary N) is 1. The Morgan fingerprint density at radius 2 is 1.95 bits per heavy atom. The van der Waals surface area contributed by atoms with Gasteiger partial charge >= 0.3 is 5.97 Å². The van der Waals surface area contributed by atoms with Crippen LogP contribution in [0.1, 0.15) is 24.9 Å². The molecule has 6 heteroatoms. The molecule has 0 saturated heterocycles. The highest BCUT2D eigenvalue weighted by Gasteiger charge is 2.13. The van der Waals surface area contributed by atoms with Crippen LogP contribution in [-0.4, -0.2) is 22.1 Å². The Hall–Kier alpha value is -2.34. The van der Waals surface area contributed by atoms with Gasteiger partial charge in [0.2, 0.25) is 0 Å². The molecule has 0 radical (unpaired) electrons. The predicted octanol–water partition coefficient (Wildman–Crippen LogP) is 2.71. The summed E-state index contributed by atoms with van der Waals surface area (Å²) in [6, 6.07) is 7.21. The average molecular weight is 277 g/mol. The smallest absolute Gasteiger partial charge is 0.335 e. The van der Waals surface area contributed by atoms with E-state index in [1.807, 2.05) is 13.0 Å². The second-order valence-corrected chi connectivity index (χ2v) is 5.19. The summed E-state index contributed by atoms with van der Waals surface area (Å²) in [5.41, 5.74) is 0.0754. The number of phenolic OH excluding ortho intramolecular Hbond substituents is 1. The molecule has 3 N–H and O–H groups in total. The summed E-state index contributed by atoms with van der Waals surface area (Å²) in [5.74, 6) is -1.68. The molecule has 0 fully saturated rings. The molecule has 98 valence electrons. The minimum atomic E-state index is -1.12. The topological polar surface area (TPSA) is 86.6 Å². The zero-order valence-electron chi connectivity index (χ0n) is 10.0. The highest BCUT2D eigenvalue weighted by molar-refractivity contribution is 7.14. The summed E-state index contributed by atoms with van der Waals surface area (Å²) in [6.45, 7) is 1.88.